The molecule has 2 aromatic rings. The van der Waals surface area contributed by atoms with Crippen molar-refractivity contribution in [2.45, 2.75) is 13.0 Å². The summed E-state index contributed by atoms with van der Waals surface area (Å²) in [6.07, 6.45) is -0.864. The Bertz CT molecular complexity index is 802. The topological polar surface area (TPSA) is 68.6 Å². The largest absolute Gasteiger partial charge is 0.477 e. The minimum absolute atomic E-state index is 0.206. The maximum absolute atomic E-state index is 11.5. The van der Waals surface area contributed by atoms with Crippen LogP contribution in [0.2, 0.25) is 10.0 Å². The molecule has 0 spiro atoms. The normalized spacial score (nSPS) is 11.3. The van der Waals surface area contributed by atoms with Crippen LogP contribution < -0.4 is 9.47 Å². The van der Waals surface area contributed by atoms with Gasteiger partial charge in [0.2, 0.25) is 0 Å². The van der Waals surface area contributed by atoms with Gasteiger partial charge in [-0.3, -0.25) is 0 Å². The Labute approximate surface area is 149 Å². The molecular weight excluding hydrogens is 353 g/mol. The third-order valence-electron chi connectivity index (χ3n) is 3.03. The van der Waals surface area contributed by atoms with E-state index in [1.54, 1.807) is 24.3 Å². The molecule has 0 radical (unpaired) electrons. The summed E-state index contributed by atoms with van der Waals surface area (Å²) in [5.41, 5.74) is 0.264. The fourth-order valence-electron chi connectivity index (χ4n) is 1.85. The van der Waals surface area contributed by atoms with Gasteiger partial charge in [0.25, 0.3) is 0 Å². The Morgan fingerprint density at radius 1 is 1.17 bits per heavy atom. The molecule has 2 aromatic carbocycles. The fraction of sp³-hybridized carbons (Fsp3) is 0.176. The first-order valence-electron chi connectivity index (χ1n) is 6.86. The molecule has 7 heteroatoms. The van der Waals surface area contributed by atoms with E-state index in [1.165, 1.54) is 26.2 Å². The number of carbonyl (C=O) groups excluding carboxylic acids is 1. The summed E-state index contributed by atoms with van der Waals surface area (Å²) in [7, 11) is 1.26. The van der Waals surface area contributed by atoms with Crippen molar-refractivity contribution in [3.63, 3.8) is 0 Å². The van der Waals surface area contributed by atoms with Crippen molar-refractivity contribution in [2.75, 3.05) is 7.11 Å². The predicted molar refractivity (Wildman–Crippen MR) is 89.8 cm³/mol. The quantitative estimate of drug-likeness (QED) is 0.724. The van der Waals surface area contributed by atoms with E-state index >= 15 is 0 Å². The molecule has 0 amide bonds. The van der Waals surface area contributed by atoms with Crippen molar-refractivity contribution in [1.82, 2.24) is 0 Å². The lowest BCUT2D eigenvalue weighted by atomic mass is 10.2. The summed E-state index contributed by atoms with van der Waals surface area (Å²) in [6.45, 7) is 1.52. The number of ether oxygens (including phenoxy) is 3. The van der Waals surface area contributed by atoms with E-state index in [2.05, 4.69) is 4.74 Å². The summed E-state index contributed by atoms with van der Waals surface area (Å²) in [5.74, 6) is 0.451. The van der Waals surface area contributed by atoms with E-state index in [0.29, 0.717) is 21.5 Å². The van der Waals surface area contributed by atoms with Gasteiger partial charge in [-0.2, -0.15) is 5.26 Å². The van der Waals surface area contributed by atoms with Gasteiger partial charge in [-0.15, -0.1) is 0 Å². The molecule has 0 aromatic heterocycles. The minimum atomic E-state index is -0.864. The number of methoxy groups -OCH3 is 1. The van der Waals surface area contributed by atoms with Crippen molar-refractivity contribution in [3.8, 4) is 23.3 Å². The fourth-order valence-corrected chi connectivity index (χ4v) is 2.29. The molecule has 0 fully saturated rings. The van der Waals surface area contributed by atoms with E-state index in [-0.39, 0.29) is 11.3 Å². The molecule has 0 N–H and O–H groups in total. The lowest BCUT2D eigenvalue weighted by molar-refractivity contribution is -0.147. The Balaban J connectivity index is 2.28. The van der Waals surface area contributed by atoms with Gasteiger partial charge in [0.05, 0.1) is 17.7 Å². The molecule has 0 aliphatic rings. The maximum Gasteiger partial charge on any atom is 0.346 e. The standard InChI is InChI=1S/C17H13Cl2NO4/c1-10(17(21)22-2)23-16-8-13(5-3-11(16)9-20)24-15-6-4-12(18)7-14(15)19/h3-8,10H,1-2H3. The number of hydrogen-bond acceptors (Lipinski definition) is 5. The predicted octanol–water partition coefficient (Wildman–Crippen LogP) is 4.60. The van der Waals surface area contributed by atoms with Crippen LogP contribution >= 0.6 is 23.2 Å². The Kier molecular flexibility index (Phi) is 5.91. The summed E-state index contributed by atoms with van der Waals surface area (Å²) in [4.78, 5) is 11.5. The first kappa shape index (κ1) is 17.9. The summed E-state index contributed by atoms with van der Waals surface area (Å²) in [6, 6.07) is 11.4. The Morgan fingerprint density at radius 3 is 2.54 bits per heavy atom. The molecule has 0 saturated heterocycles. The lowest BCUT2D eigenvalue weighted by Crippen LogP contribution is -2.25. The number of nitrogens with zero attached hydrogens (tertiary/aromatic N) is 1. The number of nitriles is 1. The van der Waals surface area contributed by atoms with Gasteiger partial charge in [-0.25, -0.2) is 4.79 Å². The smallest absolute Gasteiger partial charge is 0.346 e. The molecule has 0 heterocycles. The number of hydrogen-bond donors (Lipinski definition) is 0. The highest BCUT2D eigenvalue weighted by molar-refractivity contribution is 6.35. The summed E-state index contributed by atoms with van der Waals surface area (Å²) >= 11 is 11.9. The van der Waals surface area contributed by atoms with Crippen molar-refractivity contribution in [3.05, 3.63) is 52.0 Å². The molecule has 24 heavy (non-hydrogen) atoms. The van der Waals surface area contributed by atoms with Crippen LogP contribution in [0.5, 0.6) is 17.2 Å². The van der Waals surface area contributed by atoms with Gasteiger partial charge in [0, 0.05) is 11.1 Å². The maximum atomic E-state index is 11.5. The highest BCUT2D eigenvalue weighted by Gasteiger charge is 2.17. The molecule has 124 valence electrons. The van der Waals surface area contributed by atoms with Gasteiger partial charge in [0.1, 0.15) is 23.3 Å². The van der Waals surface area contributed by atoms with Crippen LogP contribution in [-0.2, 0) is 9.53 Å². The average molecular weight is 366 g/mol. The molecule has 0 aliphatic heterocycles. The zero-order chi connectivity index (χ0) is 17.7. The van der Waals surface area contributed by atoms with Crippen molar-refractivity contribution >= 4 is 29.2 Å². The summed E-state index contributed by atoms with van der Waals surface area (Å²) < 4.78 is 15.8. The van der Waals surface area contributed by atoms with Crippen molar-refractivity contribution in [2.24, 2.45) is 0 Å². The van der Waals surface area contributed by atoms with Gasteiger partial charge in [0.15, 0.2) is 6.10 Å². The molecule has 0 bridgehead atoms. The minimum Gasteiger partial charge on any atom is -0.477 e. The number of esters is 1. The van der Waals surface area contributed by atoms with Crippen molar-refractivity contribution < 1.29 is 19.0 Å². The highest BCUT2D eigenvalue weighted by atomic mass is 35.5. The molecule has 2 rings (SSSR count). The summed E-state index contributed by atoms with van der Waals surface area (Å²) in [5, 5.41) is 9.99. The van der Waals surface area contributed by atoms with Gasteiger partial charge in [-0.05, 0) is 37.3 Å². The first-order valence-corrected chi connectivity index (χ1v) is 7.61. The monoisotopic (exact) mass is 365 g/mol. The zero-order valence-electron chi connectivity index (χ0n) is 12.9. The van der Waals surface area contributed by atoms with Crippen molar-refractivity contribution in [1.29, 1.82) is 5.26 Å². The third-order valence-corrected chi connectivity index (χ3v) is 3.56. The molecule has 0 aliphatic carbocycles. The number of carbonyl (C=O) groups is 1. The third kappa shape index (κ3) is 4.31. The van der Waals surface area contributed by atoms with E-state index in [0.717, 1.165) is 0 Å². The second-order valence-electron chi connectivity index (χ2n) is 4.73. The molecule has 0 saturated carbocycles. The molecule has 1 atom stereocenters. The number of halogens is 2. The SMILES string of the molecule is COC(=O)C(C)Oc1cc(Oc2ccc(Cl)cc2Cl)ccc1C#N. The van der Waals surface area contributed by atoms with Crippen LogP contribution in [0.25, 0.3) is 0 Å². The van der Waals surface area contributed by atoms with Crippen LogP contribution in [0.1, 0.15) is 12.5 Å². The second kappa shape index (κ2) is 7.91. The number of benzene rings is 2. The van der Waals surface area contributed by atoms with E-state index in [1.807, 2.05) is 6.07 Å². The van der Waals surface area contributed by atoms with Crippen LogP contribution in [0, 0.1) is 11.3 Å². The Hall–Kier alpha value is -2.42. The molecule has 1 unspecified atom stereocenters. The van der Waals surface area contributed by atoms with Gasteiger partial charge < -0.3 is 14.2 Å². The van der Waals surface area contributed by atoms with Crippen LogP contribution in [0.4, 0.5) is 0 Å². The van der Waals surface area contributed by atoms with Gasteiger partial charge in [-0.1, -0.05) is 23.2 Å². The lowest BCUT2D eigenvalue weighted by Gasteiger charge is -2.15. The van der Waals surface area contributed by atoms with Crippen LogP contribution in [-0.4, -0.2) is 19.2 Å². The highest BCUT2D eigenvalue weighted by Crippen LogP contribution is 2.34. The van der Waals surface area contributed by atoms with E-state index in [4.69, 9.17) is 37.9 Å². The molecule has 5 nitrogen and oxygen atoms in total. The van der Waals surface area contributed by atoms with E-state index in [9.17, 15) is 4.79 Å². The van der Waals surface area contributed by atoms with Gasteiger partial charge >= 0.3 is 5.97 Å². The first-order chi connectivity index (χ1) is 11.4. The number of rotatable bonds is 5. The Morgan fingerprint density at radius 2 is 1.92 bits per heavy atom. The average Bonchev–Trinajstić information content (AvgIpc) is 2.57. The zero-order valence-corrected chi connectivity index (χ0v) is 14.4. The second-order valence-corrected chi connectivity index (χ2v) is 5.57. The van der Waals surface area contributed by atoms with Crippen LogP contribution in [0.15, 0.2) is 36.4 Å². The van der Waals surface area contributed by atoms with Crippen LogP contribution in [0.3, 0.4) is 0 Å². The van der Waals surface area contributed by atoms with E-state index < -0.39 is 12.1 Å². The molecular formula is C17H13Cl2NO4.